The summed E-state index contributed by atoms with van der Waals surface area (Å²) >= 11 is 0. The monoisotopic (exact) mass is 258 g/mol. The Bertz CT molecular complexity index is 636. The third-order valence-corrected chi connectivity index (χ3v) is 2.89. The summed E-state index contributed by atoms with van der Waals surface area (Å²) in [6, 6.07) is 9.86. The highest BCUT2D eigenvalue weighted by Gasteiger charge is 2.13. The summed E-state index contributed by atoms with van der Waals surface area (Å²) in [4.78, 5) is 15.1. The molecule has 0 spiro atoms. The normalized spacial score (nSPS) is 11.8. The standard InChI is InChI=1S/C15H18N2O2/c1-4-10-17-11(2)14(13-8-6-5-7-9-13)19-15(17)16-12(3)18/h5-9H,4,10H2,1-3H3. The summed E-state index contributed by atoms with van der Waals surface area (Å²) < 4.78 is 7.72. The highest BCUT2D eigenvalue weighted by atomic mass is 16.4. The Morgan fingerprint density at radius 3 is 2.58 bits per heavy atom. The van der Waals surface area contributed by atoms with Gasteiger partial charge in [0, 0.05) is 19.0 Å². The minimum absolute atomic E-state index is 0.252. The van der Waals surface area contributed by atoms with Gasteiger partial charge in [-0.05, 0) is 13.3 Å². The maximum atomic E-state index is 11.2. The molecule has 2 aromatic rings. The van der Waals surface area contributed by atoms with Crippen LogP contribution in [0.2, 0.25) is 0 Å². The molecule has 0 aliphatic heterocycles. The van der Waals surface area contributed by atoms with Gasteiger partial charge in [-0.15, -0.1) is 0 Å². The van der Waals surface area contributed by atoms with Crippen molar-refractivity contribution in [3.8, 4) is 11.3 Å². The van der Waals surface area contributed by atoms with Crippen LogP contribution in [0.25, 0.3) is 11.3 Å². The lowest BCUT2D eigenvalue weighted by Crippen LogP contribution is -2.18. The highest BCUT2D eigenvalue weighted by Crippen LogP contribution is 2.22. The minimum Gasteiger partial charge on any atom is -0.423 e. The number of carbonyl (C=O) groups is 1. The molecule has 0 radical (unpaired) electrons. The highest BCUT2D eigenvalue weighted by molar-refractivity contribution is 5.73. The predicted octanol–water partition coefficient (Wildman–Crippen LogP) is 2.91. The average Bonchev–Trinajstić information content (AvgIpc) is 2.68. The molecule has 0 atom stereocenters. The molecule has 0 saturated carbocycles. The quantitative estimate of drug-likeness (QED) is 0.849. The van der Waals surface area contributed by atoms with E-state index >= 15 is 0 Å². The van der Waals surface area contributed by atoms with Crippen molar-refractivity contribution in [1.82, 2.24) is 4.57 Å². The Morgan fingerprint density at radius 2 is 2.00 bits per heavy atom. The lowest BCUT2D eigenvalue weighted by atomic mass is 10.1. The maximum Gasteiger partial charge on any atom is 0.305 e. The molecule has 4 heteroatoms. The van der Waals surface area contributed by atoms with Gasteiger partial charge in [0.05, 0.1) is 5.69 Å². The number of benzene rings is 1. The lowest BCUT2D eigenvalue weighted by Gasteiger charge is -2.02. The van der Waals surface area contributed by atoms with E-state index in [-0.39, 0.29) is 5.91 Å². The molecule has 1 amide bonds. The van der Waals surface area contributed by atoms with Crippen molar-refractivity contribution in [2.75, 3.05) is 0 Å². The van der Waals surface area contributed by atoms with Gasteiger partial charge in [0.15, 0.2) is 5.76 Å². The van der Waals surface area contributed by atoms with Crippen molar-refractivity contribution in [3.05, 3.63) is 41.7 Å². The zero-order valence-corrected chi connectivity index (χ0v) is 11.5. The molecule has 1 heterocycles. The van der Waals surface area contributed by atoms with Gasteiger partial charge in [0.25, 0.3) is 0 Å². The molecule has 0 unspecified atom stereocenters. The first-order valence-corrected chi connectivity index (χ1v) is 6.44. The van der Waals surface area contributed by atoms with E-state index in [0.29, 0.717) is 5.68 Å². The second kappa shape index (κ2) is 5.69. The molecule has 4 nitrogen and oxygen atoms in total. The number of amides is 1. The summed E-state index contributed by atoms with van der Waals surface area (Å²) in [5.74, 6) is 0.521. The molecular formula is C15H18N2O2. The number of carbonyl (C=O) groups excluding carboxylic acids is 1. The third-order valence-electron chi connectivity index (χ3n) is 2.89. The first-order chi connectivity index (χ1) is 9.13. The van der Waals surface area contributed by atoms with Crippen LogP contribution in [-0.2, 0) is 11.3 Å². The third kappa shape index (κ3) is 2.84. The summed E-state index contributed by atoms with van der Waals surface area (Å²) in [7, 11) is 0. The number of oxazole rings is 1. The van der Waals surface area contributed by atoms with E-state index in [9.17, 15) is 4.79 Å². The van der Waals surface area contributed by atoms with Crippen molar-refractivity contribution in [1.29, 1.82) is 0 Å². The maximum absolute atomic E-state index is 11.2. The van der Waals surface area contributed by atoms with Gasteiger partial charge in [-0.25, -0.2) is 0 Å². The van der Waals surface area contributed by atoms with Crippen LogP contribution < -0.4 is 5.68 Å². The van der Waals surface area contributed by atoms with Crippen molar-refractivity contribution in [3.63, 3.8) is 0 Å². The molecule has 2 rings (SSSR count). The average molecular weight is 258 g/mol. The van der Waals surface area contributed by atoms with Crippen molar-refractivity contribution >= 4 is 5.91 Å². The molecule has 0 aliphatic rings. The SMILES string of the molecule is CCCn1c(C)c(-c2ccccc2)oc1=NC(C)=O. The van der Waals surface area contributed by atoms with E-state index in [1.54, 1.807) is 0 Å². The molecule has 0 bridgehead atoms. The van der Waals surface area contributed by atoms with Gasteiger partial charge >= 0.3 is 5.68 Å². The molecule has 19 heavy (non-hydrogen) atoms. The van der Waals surface area contributed by atoms with Crippen LogP contribution in [0.15, 0.2) is 39.7 Å². The van der Waals surface area contributed by atoms with Crippen LogP contribution in [0.4, 0.5) is 0 Å². The molecule has 0 N–H and O–H groups in total. The number of nitrogens with zero attached hydrogens (tertiary/aromatic N) is 2. The van der Waals surface area contributed by atoms with Gasteiger partial charge < -0.3 is 4.42 Å². The van der Waals surface area contributed by atoms with E-state index < -0.39 is 0 Å². The first kappa shape index (κ1) is 13.3. The van der Waals surface area contributed by atoms with Gasteiger partial charge in [-0.2, -0.15) is 4.99 Å². The second-order valence-electron chi connectivity index (χ2n) is 4.45. The Labute approximate surface area is 112 Å². The largest absolute Gasteiger partial charge is 0.423 e. The Morgan fingerprint density at radius 1 is 1.32 bits per heavy atom. The molecule has 1 aromatic heterocycles. The van der Waals surface area contributed by atoms with Gasteiger partial charge in [0.2, 0.25) is 5.91 Å². The van der Waals surface area contributed by atoms with Gasteiger partial charge in [-0.3, -0.25) is 9.36 Å². The summed E-state index contributed by atoms with van der Waals surface area (Å²) in [6.07, 6.45) is 0.958. The predicted molar refractivity (Wildman–Crippen MR) is 73.4 cm³/mol. The molecule has 0 saturated heterocycles. The van der Waals surface area contributed by atoms with E-state index in [2.05, 4.69) is 11.9 Å². The van der Waals surface area contributed by atoms with Crippen molar-refractivity contribution in [2.45, 2.75) is 33.7 Å². The summed E-state index contributed by atoms with van der Waals surface area (Å²) in [5.41, 5.74) is 2.37. The molecular weight excluding hydrogens is 240 g/mol. The van der Waals surface area contributed by atoms with Crippen LogP contribution in [-0.4, -0.2) is 10.5 Å². The molecule has 1 aromatic carbocycles. The zero-order valence-electron chi connectivity index (χ0n) is 11.5. The fraction of sp³-hybridized carbons (Fsp3) is 0.333. The molecule has 0 aliphatic carbocycles. The molecule has 0 fully saturated rings. The second-order valence-corrected chi connectivity index (χ2v) is 4.45. The number of rotatable bonds is 3. The van der Waals surface area contributed by atoms with Crippen LogP contribution >= 0.6 is 0 Å². The number of aromatic nitrogens is 1. The minimum atomic E-state index is -0.252. The first-order valence-electron chi connectivity index (χ1n) is 6.44. The van der Waals surface area contributed by atoms with Gasteiger partial charge in [-0.1, -0.05) is 37.3 Å². The summed E-state index contributed by atoms with van der Waals surface area (Å²) in [6.45, 7) is 6.28. The summed E-state index contributed by atoms with van der Waals surface area (Å²) in [5, 5.41) is 0. The van der Waals surface area contributed by atoms with Crippen molar-refractivity contribution in [2.24, 2.45) is 4.99 Å². The van der Waals surface area contributed by atoms with Crippen LogP contribution in [0, 0.1) is 6.92 Å². The van der Waals surface area contributed by atoms with Crippen molar-refractivity contribution < 1.29 is 9.21 Å². The van der Waals surface area contributed by atoms with E-state index in [4.69, 9.17) is 4.42 Å². The number of hydrogen-bond acceptors (Lipinski definition) is 2. The smallest absolute Gasteiger partial charge is 0.305 e. The van der Waals surface area contributed by atoms with Crippen LogP contribution in [0.3, 0.4) is 0 Å². The zero-order chi connectivity index (χ0) is 13.8. The van der Waals surface area contributed by atoms with Crippen LogP contribution in [0.5, 0.6) is 0 Å². The molecule has 100 valence electrons. The van der Waals surface area contributed by atoms with Gasteiger partial charge in [0.1, 0.15) is 0 Å². The Kier molecular flexibility index (Phi) is 4.00. The Balaban J connectivity index is 2.62. The Hall–Kier alpha value is -2.10. The van der Waals surface area contributed by atoms with E-state index in [0.717, 1.165) is 30.0 Å². The van der Waals surface area contributed by atoms with E-state index in [1.165, 1.54) is 6.92 Å². The number of hydrogen-bond donors (Lipinski definition) is 0. The van der Waals surface area contributed by atoms with E-state index in [1.807, 2.05) is 41.8 Å². The fourth-order valence-electron chi connectivity index (χ4n) is 2.05. The fourth-order valence-corrected chi connectivity index (χ4v) is 2.05. The van der Waals surface area contributed by atoms with Crippen LogP contribution in [0.1, 0.15) is 26.0 Å². The topological polar surface area (TPSA) is 47.5 Å². The lowest BCUT2D eigenvalue weighted by molar-refractivity contribution is -0.116.